The average molecular weight is 301 g/mol. The fourth-order valence-electron chi connectivity index (χ4n) is 2.69. The third kappa shape index (κ3) is 3.14. The van der Waals surface area contributed by atoms with Crippen molar-refractivity contribution in [3.8, 4) is 5.88 Å². The Kier molecular flexibility index (Phi) is 4.03. The molecular weight excluding hydrogens is 282 g/mol. The van der Waals surface area contributed by atoms with Gasteiger partial charge in [-0.1, -0.05) is 30.4 Å². The number of para-hydroxylation sites is 1. The first-order valence-electron chi connectivity index (χ1n) is 7.18. The van der Waals surface area contributed by atoms with E-state index >= 15 is 0 Å². The van der Waals surface area contributed by atoms with Gasteiger partial charge in [-0.15, -0.1) is 0 Å². The Labute approximate surface area is 129 Å². The first-order chi connectivity index (χ1) is 10.1. The van der Waals surface area contributed by atoms with Crippen molar-refractivity contribution in [3.63, 3.8) is 0 Å². The lowest BCUT2D eigenvalue weighted by atomic mass is 10.1. The summed E-state index contributed by atoms with van der Waals surface area (Å²) in [5.74, 6) is 0.617. The number of pyridine rings is 1. The van der Waals surface area contributed by atoms with Crippen LogP contribution in [0.2, 0.25) is 0 Å². The maximum Gasteiger partial charge on any atom is 0.214 e. The van der Waals surface area contributed by atoms with Crippen molar-refractivity contribution in [2.45, 2.75) is 18.9 Å². The van der Waals surface area contributed by atoms with Crippen LogP contribution in [0.15, 0.2) is 30.3 Å². The third-order valence-electron chi connectivity index (χ3n) is 3.91. The fourth-order valence-corrected chi connectivity index (χ4v) is 2.86. The zero-order valence-corrected chi connectivity index (χ0v) is 12.9. The molecule has 0 bridgehead atoms. The van der Waals surface area contributed by atoms with E-state index in [2.05, 4.69) is 16.9 Å². The van der Waals surface area contributed by atoms with E-state index in [1.807, 2.05) is 30.3 Å². The first-order valence-corrected chi connectivity index (χ1v) is 7.59. The van der Waals surface area contributed by atoms with Crippen molar-refractivity contribution in [1.82, 2.24) is 9.88 Å². The summed E-state index contributed by atoms with van der Waals surface area (Å²) in [5.41, 5.74) is 7.54. The molecule has 1 saturated heterocycles. The highest BCUT2D eigenvalue weighted by molar-refractivity contribution is 7.80. The number of rotatable bonds is 3. The Morgan fingerprint density at radius 3 is 2.76 bits per heavy atom. The molecule has 2 aromatic rings. The van der Waals surface area contributed by atoms with Gasteiger partial charge in [-0.2, -0.15) is 0 Å². The summed E-state index contributed by atoms with van der Waals surface area (Å²) in [4.78, 5) is 7.27. The second-order valence-electron chi connectivity index (χ2n) is 5.51. The normalized spacial score (nSPS) is 17.0. The number of piperidine rings is 1. The Bertz CT molecular complexity index is 666. The molecule has 1 aromatic heterocycles. The van der Waals surface area contributed by atoms with Crippen molar-refractivity contribution in [2.75, 3.05) is 20.1 Å². The molecule has 1 aliphatic heterocycles. The van der Waals surface area contributed by atoms with E-state index in [1.165, 1.54) is 0 Å². The number of hydrogen-bond donors (Lipinski definition) is 1. The van der Waals surface area contributed by atoms with E-state index in [9.17, 15) is 0 Å². The lowest BCUT2D eigenvalue weighted by Crippen LogP contribution is -2.35. The Morgan fingerprint density at radius 1 is 1.33 bits per heavy atom. The summed E-state index contributed by atoms with van der Waals surface area (Å²) in [6.07, 6.45) is 2.26. The average Bonchev–Trinajstić information content (AvgIpc) is 2.48. The largest absolute Gasteiger partial charge is 0.474 e. The molecule has 1 aliphatic rings. The SMILES string of the molecule is CN1CCC(Oc2cc(C(N)=S)c3ccccc3n2)CC1. The van der Waals surface area contributed by atoms with Crippen LogP contribution >= 0.6 is 12.2 Å². The summed E-state index contributed by atoms with van der Waals surface area (Å²) in [5, 5.41) is 0.973. The number of nitrogens with two attached hydrogens (primary N) is 1. The van der Waals surface area contributed by atoms with Gasteiger partial charge < -0.3 is 15.4 Å². The van der Waals surface area contributed by atoms with E-state index in [0.29, 0.717) is 10.9 Å². The van der Waals surface area contributed by atoms with E-state index in [0.717, 1.165) is 42.4 Å². The lowest BCUT2D eigenvalue weighted by molar-refractivity contribution is 0.110. The van der Waals surface area contributed by atoms with Crippen LogP contribution in [0.1, 0.15) is 18.4 Å². The van der Waals surface area contributed by atoms with Crippen molar-refractivity contribution in [1.29, 1.82) is 0 Å². The molecule has 0 unspecified atom stereocenters. The summed E-state index contributed by atoms with van der Waals surface area (Å²) in [6, 6.07) is 9.72. The van der Waals surface area contributed by atoms with Gasteiger partial charge >= 0.3 is 0 Å². The fraction of sp³-hybridized carbons (Fsp3) is 0.375. The van der Waals surface area contributed by atoms with E-state index in [1.54, 1.807) is 0 Å². The zero-order valence-electron chi connectivity index (χ0n) is 12.1. The number of nitrogens with zero attached hydrogens (tertiary/aromatic N) is 2. The van der Waals surface area contributed by atoms with E-state index in [-0.39, 0.29) is 6.10 Å². The van der Waals surface area contributed by atoms with Crippen molar-refractivity contribution < 1.29 is 4.74 Å². The molecule has 1 aromatic carbocycles. The first kappa shape index (κ1) is 14.2. The maximum atomic E-state index is 6.05. The summed E-state index contributed by atoms with van der Waals surface area (Å²) < 4.78 is 6.05. The standard InChI is InChI=1S/C16H19N3OS/c1-19-8-6-11(7-9-19)20-15-10-13(16(17)21)12-4-2-3-5-14(12)18-15/h2-5,10-11H,6-9H2,1H3,(H2,17,21). The van der Waals surface area contributed by atoms with Gasteiger partial charge in [0, 0.05) is 30.1 Å². The minimum absolute atomic E-state index is 0.217. The molecule has 0 atom stereocenters. The highest BCUT2D eigenvalue weighted by atomic mass is 32.1. The Hall–Kier alpha value is -1.72. The topological polar surface area (TPSA) is 51.4 Å². The van der Waals surface area contributed by atoms with Gasteiger partial charge in [0.15, 0.2) is 0 Å². The van der Waals surface area contributed by atoms with Crippen LogP contribution in [-0.2, 0) is 0 Å². The number of ether oxygens (including phenoxy) is 1. The maximum absolute atomic E-state index is 6.05. The van der Waals surface area contributed by atoms with Crippen LogP contribution < -0.4 is 10.5 Å². The van der Waals surface area contributed by atoms with Crippen LogP contribution in [0.5, 0.6) is 5.88 Å². The quantitative estimate of drug-likeness (QED) is 0.882. The van der Waals surface area contributed by atoms with Crippen molar-refractivity contribution in [3.05, 3.63) is 35.9 Å². The molecule has 2 heterocycles. The second-order valence-corrected chi connectivity index (χ2v) is 5.95. The number of benzene rings is 1. The molecule has 0 amide bonds. The minimum atomic E-state index is 0.217. The van der Waals surface area contributed by atoms with Crippen LogP contribution in [0.3, 0.4) is 0 Å². The summed E-state index contributed by atoms with van der Waals surface area (Å²) >= 11 is 5.16. The van der Waals surface area contributed by atoms with Crippen LogP contribution in [0.4, 0.5) is 0 Å². The number of likely N-dealkylation sites (tertiary alicyclic amines) is 1. The van der Waals surface area contributed by atoms with Gasteiger partial charge in [-0.05, 0) is 26.0 Å². The molecular formula is C16H19N3OS. The Morgan fingerprint density at radius 2 is 2.05 bits per heavy atom. The monoisotopic (exact) mass is 301 g/mol. The van der Waals surface area contributed by atoms with Crippen LogP contribution in [0, 0.1) is 0 Å². The third-order valence-corrected chi connectivity index (χ3v) is 4.13. The molecule has 0 aliphatic carbocycles. The van der Waals surface area contributed by atoms with Gasteiger partial charge in [0.05, 0.1) is 5.52 Å². The van der Waals surface area contributed by atoms with Gasteiger partial charge in [0.1, 0.15) is 11.1 Å². The lowest BCUT2D eigenvalue weighted by Gasteiger charge is -2.29. The molecule has 0 saturated carbocycles. The predicted octanol–water partition coefficient (Wildman–Crippen LogP) is 2.34. The molecule has 2 N–H and O–H groups in total. The van der Waals surface area contributed by atoms with E-state index < -0.39 is 0 Å². The summed E-state index contributed by atoms with van der Waals surface area (Å²) in [6.45, 7) is 2.11. The highest BCUT2D eigenvalue weighted by Gasteiger charge is 2.19. The molecule has 110 valence electrons. The van der Waals surface area contributed by atoms with Crippen molar-refractivity contribution in [2.24, 2.45) is 5.73 Å². The number of fused-ring (bicyclic) bond motifs is 1. The smallest absolute Gasteiger partial charge is 0.214 e. The second kappa shape index (κ2) is 5.95. The van der Waals surface area contributed by atoms with Gasteiger partial charge in [-0.3, -0.25) is 0 Å². The van der Waals surface area contributed by atoms with Crippen LogP contribution in [-0.4, -0.2) is 41.1 Å². The molecule has 4 nitrogen and oxygen atoms in total. The summed E-state index contributed by atoms with van der Waals surface area (Å²) in [7, 11) is 2.13. The van der Waals surface area contributed by atoms with Gasteiger partial charge in [-0.25, -0.2) is 4.98 Å². The van der Waals surface area contributed by atoms with Gasteiger partial charge in [0.25, 0.3) is 0 Å². The number of aromatic nitrogens is 1. The predicted molar refractivity (Wildman–Crippen MR) is 88.8 cm³/mol. The zero-order chi connectivity index (χ0) is 14.8. The number of hydrogen-bond acceptors (Lipinski definition) is 4. The van der Waals surface area contributed by atoms with Crippen molar-refractivity contribution >= 4 is 28.1 Å². The molecule has 1 fully saturated rings. The number of thiocarbonyl (C=S) groups is 1. The molecule has 0 spiro atoms. The molecule has 21 heavy (non-hydrogen) atoms. The van der Waals surface area contributed by atoms with E-state index in [4.69, 9.17) is 22.7 Å². The molecule has 5 heteroatoms. The molecule has 3 rings (SSSR count). The highest BCUT2D eigenvalue weighted by Crippen LogP contribution is 2.24. The Balaban J connectivity index is 1.90. The molecule has 0 radical (unpaired) electrons. The van der Waals surface area contributed by atoms with Gasteiger partial charge in [0.2, 0.25) is 5.88 Å². The minimum Gasteiger partial charge on any atom is -0.474 e. The van der Waals surface area contributed by atoms with Crippen LogP contribution in [0.25, 0.3) is 10.9 Å².